The fraction of sp³-hybridized carbons (Fsp3) is 0.455. The summed E-state index contributed by atoms with van der Waals surface area (Å²) in [6.07, 6.45) is 3.03. The molecule has 17 heavy (non-hydrogen) atoms. The van der Waals surface area contributed by atoms with E-state index >= 15 is 0 Å². The molecule has 0 aromatic carbocycles. The number of carbonyl (C=O) groups excluding carboxylic acids is 1. The summed E-state index contributed by atoms with van der Waals surface area (Å²) in [6, 6.07) is 1.49. The molecule has 92 valence electrons. The van der Waals surface area contributed by atoms with Crippen LogP contribution in [-0.2, 0) is 4.79 Å². The number of amides is 1. The van der Waals surface area contributed by atoms with Gasteiger partial charge in [-0.1, -0.05) is 0 Å². The highest BCUT2D eigenvalue weighted by Crippen LogP contribution is 2.40. The van der Waals surface area contributed by atoms with Gasteiger partial charge in [-0.15, -0.1) is 0 Å². The molecule has 5 nitrogen and oxygen atoms in total. The lowest BCUT2D eigenvalue weighted by Gasteiger charge is -2.25. The van der Waals surface area contributed by atoms with Crippen LogP contribution >= 0.6 is 15.9 Å². The first-order valence-corrected chi connectivity index (χ1v) is 6.03. The van der Waals surface area contributed by atoms with Crippen molar-refractivity contribution in [2.45, 2.75) is 25.3 Å². The summed E-state index contributed by atoms with van der Waals surface area (Å²) in [5.41, 5.74) is -0.897. The molecule has 1 aromatic rings. The number of aliphatic carboxylic acids is 1. The van der Waals surface area contributed by atoms with Crippen molar-refractivity contribution in [1.82, 2.24) is 5.32 Å². The van der Waals surface area contributed by atoms with Gasteiger partial charge in [-0.2, -0.15) is 0 Å². The molecule has 0 bridgehead atoms. The van der Waals surface area contributed by atoms with Gasteiger partial charge in [-0.3, -0.25) is 4.79 Å². The van der Waals surface area contributed by atoms with Crippen molar-refractivity contribution in [3.05, 3.63) is 22.6 Å². The molecule has 0 saturated heterocycles. The van der Waals surface area contributed by atoms with Crippen LogP contribution in [0.3, 0.4) is 0 Å². The Balaban J connectivity index is 2.17. The summed E-state index contributed by atoms with van der Waals surface area (Å²) in [5, 5.41) is 11.8. The van der Waals surface area contributed by atoms with Crippen molar-refractivity contribution in [2.24, 2.45) is 5.92 Å². The monoisotopic (exact) mass is 301 g/mol. The van der Waals surface area contributed by atoms with Gasteiger partial charge in [0.2, 0.25) is 0 Å². The fourth-order valence-corrected chi connectivity index (χ4v) is 2.17. The van der Waals surface area contributed by atoms with Gasteiger partial charge in [0.1, 0.15) is 5.54 Å². The number of rotatable bonds is 4. The summed E-state index contributed by atoms with van der Waals surface area (Å²) in [7, 11) is 0. The first-order chi connectivity index (χ1) is 7.95. The molecule has 6 heteroatoms. The average Bonchev–Trinajstić information content (AvgIpc) is 3.01. The molecule has 2 N–H and O–H groups in total. The molecule has 1 atom stereocenters. The van der Waals surface area contributed by atoms with Crippen molar-refractivity contribution >= 4 is 27.8 Å². The summed E-state index contributed by atoms with van der Waals surface area (Å²) in [4.78, 5) is 23.2. The first-order valence-electron chi connectivity index (χ1n) is 5.24. The molecule has 2 rings (SSSR count). The zero-order valence-electron chi connectivity index (χ0n) is 9.20. The number of furan rings is 1. The van der Waals surface area contributed by atoms with Crippen LogP contribution in [0.4, 0.5) is 0 Å². The van der Waals surface area contributed by atoms with Gasteiger partial charge >= 0.3 is 5.97 Å². The Bertz CT molecular complexity index is 466. The third kappa shape index (κ3) is 2.22. The number of hydrogen-bond acceptors (Lipinski definition) is 3. The summed E-state index contributed by atoms with van der Waals surface area (Å²) in [6.45, 7) is 1.54. The largest absolute Gasteiger partial charge is 0.480 e. The summed E-state index contributed by atoms with van der Waals surface area (Å²) >= 11 is 3.09. The number of carboxylic acids is 1. The zero-order chi connectivity index (χ0) is 12.6. The Morgan fingerprint density at radius 1 is 1.59 bits per heavy atom. The maximum Gasteiger partial charge on any atom is 0.329 e. The highest BCUT2D eigenvalue weighted by molar-refractivity contribution is 9.10. The van der Waals surface area contributed by atoms with E-state index in [4.69, 9.17) is 4.42 Å². The van der Waals surface area contributed by atoms with Crippen LogP contribution in [0.1, 0.15) is 30.1 Å². The van der Waals surface area contributed by atoms with Gasteiger partial charge in [0.25, 0.3) is 5.91 Å². The topological polar surface area (TPSA) is 79.5 Å². The predicted octanol–water partition coefficient (Wildman–Crippen LogP) is 2.03. The van der Waals surface area contributed by atoms with Gasteiger partial charge in [0, 0.05) is 0 Å². The molecule has 0 aliphatic heterocycles. The Hall–Kier alpha value is -1.30. The van der Waals surface area contributed by atoms with Crippen LogP contribution in [0.2, 0.25) is 0 Å². The molecule has 0 radical (unpaired) electrons. The summed E-state index contributed by atoms with van der Waals surface area (Å²) in [5.74, 6) is -1.44. The number of carboxylic acid groups (broad SMARTS) is 1. The Kier molecular flexibility index (Phi) is 2.99. The van der Waals surface area contributed by atoms with Gasteiger partial charge in [0.15, 0.2) is 4.67 Å². The zero-order valence-corrected chi connectivity index (χ0v) is 10.8. The minimum atomic E-state index is -1.20. The molecule has 1 fully saturated rings. The Morgan fingerprint density at radius 3 is 2.65 bits per heavy atom. The SMILES string of the molecule is CC(NC(=O)c1ccoc1Br)(C(=O)O)C1CC1. The molecule has 1 heterocycles. The lowest BCUT2D eigenvalue weighted by Crippen LogP contribution is -2.54. The molecular weight excluding hydrogens is 290 g/mol. The highest BCUT2D eigenvalue weighted by Gasteiger charge is 2.48. The van der Waals surface area contributed by atoms with E-state index in [1.54, 1.807) is 6.92 Å². The van der Waals surface area contributed by atoms with Crippen LogP contribution < -0.4 is 5.32 Å². The van der Waals surface area contributed by atoms with Crippen LogP contribution in [0.5, 0.6) is 0 Å². The Labute approximate surface area is 106 Å². The van der Waals surface area contributed by atoms with E-state index in [1.807, 2.05) is 0 Å². The molecule has 1 amide bonds. The second kappa shape index (κ2) is 4.18. The molecule has 1 aliphatic rings. The third-order valence-electron chi connectivity index (χ3n) is 3.07. The van der Waals surface area contributed by atoms with Gasteiger partial charge in [0.05, 0.1) is 11.8 Å². The number of carbonyl (C=O) groups is 2. The number of hydrogen-bond donors (Lipinski definition) is 2. The molecule has 1 unspecified atom stereocenters. The molecular formula is C11H12BrNO4. The van der Waals surface area contributed by atoms with Crippen molar-refractivity contribution in [1.29, 1.82) is 0 Å². The van der Waals surface area contributed by atoms with E-state index in [-0.39, 0.29) is 5.92 Å². The van der Waals surface area contributed by atoms with Crippen LogP contribution in [0, 0.1) is 5.92 Å². The molecule has 1 aromatic heterocycles. The fourth-order valence-electron chi connectivity index (χ4n) is 1.75. The quantitative estimate of drug-likeness (QED) is 0.892. The minimum absolute atomic E-state index is 0.00891. The van der Waals surface area contributed by atoms with Crippen molar-refractivity contribution in [3.63, 3.8) is 0 Å². The lowest BCUT2D eigenvalue weighted by molar-refractivity contribution is -0.144. The second-order valence-electron chi connectivity index (χ2n) is 4.34. The predicted molar refractivity (Wildman–Crippen MR) is 62.6 cm³/mol. The molecule has 0 spiro atoms. The van der Waals surface area contributed by atoms with E-state index in [1.165, 1.54) is 12.3 Å². The second-order valence-corrected chi connectivity index (χ2v) is 5.06. The van der Waals surface area contributed by atoms with E-state index < -0.39 is 17.4 Å². The highest BCUT2D eigenvalue weighted by atomic mass is 79.9. The minimum Gasteiger partial charge on any atom is -0.480 e. The number of nitrogens with one attached hydrogen (secondary N) is 1. The van der Waals surface area contributed by atoms with Crippen molar-refractivity contribution < 1.29 is 19.1 Å². The van der Waals surface area contributed by atoms with Crippen LogP contribution in [0.25, 0.3) is 0 Å². The Morgan fingerprint density at radius 2 is 2.24 bits per heavy atom. The van der Waals surface area contributed by atoms with E-state index in [2.05, 4.69) is 21.2 Å². The maximum absolute atomic E-state index is 11.9. The standard InChI is InChI=1S/C11H12BrNO4/c1-11(10(15)16,6-2-3-6)13-9(14)7-4-5-17-8(7)12/h4-6H,2-3H2,1H3,(H,13,14)(H,15,16). The van der Waals surface area contributed by atoms with Crippen LogP contribution in [0.15, 0.2) is 21.4 Å². The lowest BCUT2D eigenvalue weighted by atomic mass is 9.95. The van der Waals surface area contributed by atoms with E-state index in [0.717, 1.165) is 12.8 Å². The molecule has 1 aliphatic carbocycles. The molecule has 1 saturated carbocycles. The smallest absolute Gasteiger partial charge is 0.329 e. The number of halogens is 1. The normalized spacial score (nSPS) is 18.5. The van der Waals surface area contributed by atoms with Crippen molar-refractivity contribution in [3.8, 4) is 0 Å². The average molecular weight is 302 g/mol. The van der Waals surface area contributed by atoms with Crippen molar-refractivity contribution in [2.75, 3.05) is 0 Å². The van der Waals surface area contributed by atoms with E-state index in [9.17, 15) is 14.7 Å². The van der Waals surface area contributed by atoms with Gasteiger partial charge in [-0.05, 0) is 47.7 Å². The van der Waals surface area contributed by atoms with Gasteiger partial charge < -0.3 is 14.8 Å². The van der Waals surface area contributed by atoms with Crippen LogP contribution in [-0.4, -0.2) is 22.5 Å². The van der Waals surface area contributed by atoms with Gasteiger partial charge in [-0.25, -0.2) is 4.79 Å². The van der Waals surface area contributed by atoms with E-state index in [0.29, 0.717) is 10.2 Å². The maximum atomic E-state index is 11.9. The first kappa shape index (κ1) is 12.2. The third-order valence-corrected chi connectivity index (χ3v) is 3.69. The summed E-state index contributed by atoms with van der Waals surface area (Å²) < 4.78 is 5.25.